The van der Waals surface area contributed by atoms with Crippen molar-refractivity contribution in [3.8, 4) is 0 Å². The van der Waals surface area contributed by atoms with Gasteiger partial charge in [0, 0.05) is 16.0 Å². The van der Waals surface area contributed by atoms with Gasteiger partial charge in [-0.05, 0) is 43.0 Å². The predicted octanol–water partition coefficient (Wildman–Crippen LogP) is 7.05. The summed E-state index contributed by atoms with van der Waals surface area (Å²) in [4.78, 5) is 53.4. The lowest BCUT2D eigenvalue weighted by Crippen LogP contribution is -2.73. The number of oxime groups is 1. The third-order valence-corrected chi connectivity index (χ3v) is 11.0. The van der Waals surface area contributed by atoms with Crippen LogP contribution in [0.15, 0.2) is 138 Å². The molecular formula is C42H39N5O5S2. The topological polar surface area (TPSA) is 122 Å². The van der Waals surface area contributed by atoms with Crippen LogP contribution in [-0.4, -0.2) is 63.9 Å². The Morgan fingerprint density at radius 2 is 1.37 bits per heavy atom. The molecule has 0 spiro atoms. The zero-order valence-electron chi connectivity index (χ0n) is 30.2. The molecule has 274 valence electrons. The van der Waals surface area contributed by atoms with E-state index in [1.807, 2.05) is 84.9 Å². The lowest BCUT2D eigenvalue weighted by Gasteiger charge is -2.50. The third kappa shape index (κ3) is 7.14. The van der Waals surface area contributed by atoms with Crippen LogP contribution in [0, 0.1) is 0 Å². The summed E-state index contributed by atoms with van der Waals surface area (Å²) in [6.07, 6.45) is 0. The molecule has 5 aromatic rings. The number of hydrogen-bond acceptors (Lipinski definition) is 10. The minimum absolute atomic E-state index is 0.0888. The summed E-state index contributed by atoms with van der Waals surface area (Å²) in [6, 6.07) is 38.4. The largest absolute Gasteiger partial charge is 0.455 e. The number of thioether (sulfide) groups is 1. The highest BCUT2D eigenvalue weighted by Crippen LogP contribution is 2.45. The smallest absolute Gasteiger partial charge is 0.356 e. The summed E-state index contributed by atoms with van der Waals surface area (Å²) < 4.78 is 5.76. The van der Waals surface area contributed by atoms with Crippen LogP contribution in [0.5, 0.6) is 0 Å². The maximum Gasteiger partial charge on any atom is 0.356 e. The average Bonchev–Trinajstić information content (AvgIpc) is 3.66. The van der Waals surface area contributed by atoms with Crippen LogP contribution < -0.4 is 10.6 Å². The molecule has 3 heterocycles. The van der Waals surface area contributed by atoms with Crippen molar-refractivity contribution in [1.29, 1.82) is 0 Å². The van der Waals surface area contributed by atoms with E-state index < -0.39 is 41.0 Å². The van der Waals surface area contributed by atoms with Crippen LogP contribution in [0.2, 0.25) is 0 Å². The van der Waals surface area contributed by atoms with E-state index in [9.17, 15) is 14.4 Å². The minimum atomic E-state index is -0.903. The minimum Gasteiger partial charge on any atom is -0.455 e. The maximum atomic E-state index is 13.9. The van der Waals surface area contributed by atoms with E-state index in [0.29, 0.717) is 15.8 Å². The molecule has 0 saturated carbocycles. The highest BCUT2D eigenvalue weighted by atomic mass is 32.2. The lowest BCUT2D eigenvalue weighted by atomic mass is 9.77. The summed E-state index contributed by atoms with van der Waals surface area (Å²) >= 11 is 2.77. The average molecular weight is 758 g/mol. The van der Waals surface area contributed by atoms with E-state index >= 15 is 0 Å². The molecule has 7 rings (SSSR count). The van der Waals surface area contributed by atoms with E-state index in [2.05, 4.69) is 52.2 Å². The second-order valence-electron chi connectivity index (χ2n) is 13.7. The van der Waals surface area contributed by atoms with Gasteiger partial charge in [-0.15, -0.1) is 23.1 Å². The zero-order valence-corrected chi connectivity index (χ0v) is 31.8. The molecule has 0 bridgehead atoms. The van der Waals surface area contributed by atoms with Crippen LogP contribution in [0.4, 0.5) is 5.13 Å². The van der Waals surface area contributed by atoms with E-state index in [0.717, 1.165) is 22.3 Å². The molecule has 54 heavy (non-hydrogen) atoms. The van der Waals surface area contributed by atoms with E-state index in [4.69, 9.17) is 14.6 Å². The van der Waals surface area contributed by atoms with Gasteiger partial charge in [-0.2, -0.15) is 0 Å². The van der Waals surface area contributed by atoms with Crippen LogP contribution in [-0.2, 0) is 29.5 Å². The van der Waals surface area contributed by atoms with E-state index in [1.54, 1.807) is 26.2 Å². The Morgan fingerprint density at radius 1 is 0.833 bits per heavy atom. The molecule has 10 nitrogen and oxygen atoms in total. The quantitative estimate of drug-likeness (QED) is 0.0484. The van der Waals surface area contributed by atoms with Crippen molar-refractivity contribution in [2.45, 2.75) is 44.0 Å². The molecule has 1 aromatic heterocycles. The van der Waals surface area contributed by atoms with Gasteiger partial charge in [-0.3, -0.25) is 14.5 Å². The lowest BCUT2D eigenvalue weighted by molar-refractivity contribution is -0.160. The zero-order chi connectivity index (χ0) is 37.9. The molecule has 2 aliphatic rings. The van der Waals surface area contributed by atoms with Gasteiger partial charge in [-0.25, -0.2) is 9.78 Å². The number of benzene rings is 4. The van der Waals surface area contributed by atoms with Gasteiger partial charge in [0.25, 0.3) is 11.8 Å². The summed E-state index contributed by atoms with van der Waals surface area (Å²) in [6.45, 7) is 5.34. The molecule has 0 radical (unpaired) electrons. The number of ether oxygens (including phenoxy) is 1. The molecule has 12 heteroatoms. The van der Waals surface area contributed by atoms with Crippen LogP contribution in [0.3, 0.4) is 0 Å². The third-order valence-electron chi connectivity index (χ3n) is 9.05. The number of hydrogen-bond donors (Lipinski definition) is 2. The number of esters is 1. The van der Waals surface area contributed by atoms with Crippen molar-refractivity contribution in [3.63, 3.8) is 0 Å². The fraction of sp³-hybridized carbons (Fsp3) is 0.214. The second kappa shape index (κ2) is 15.3. The number of carbonyl (C=O) groups is 3. The SMILES string of the molecule is CON=C(C(=O)NC1C(=O)N2C(C(=O)OC(C)(C)C)=C(c3ccccc3)SCC12)c1csc(NC(c2ccccc2)(c2ccccc2)c2ccccc2)n1. The molecule has 2 amide bonds. The Hall–Kier alpha value is -5.72. The van der Waals surface area contributed by atoms with E-state index in [1.165, 1.54) is 35.1 Å². The molecular weight excluding hydrogens is 719 g/mol. The van der Waals surface area contributed by atoms with Crippen molar-refractivity contribution >= 4 is 56.6 Å². The number of aromatic nitrogens is 1. The first-order valence-electron chi connectivity index (χ1n) is 17.4. The Labute approximate surface area is 322 Å². The van der Waals surface area contributed by atoms with E-state index in [-0.39, 0.29) is 17.1 Å². The van der Waals surface area contributed by atoms with Gasteiger partial charge in [0.1, 0.15) is 35.7 Å². The highest BCUT2D eigenvalue weighted by Gasteiger charge is 2.55. The summed E-state index contributed by atoms with van der Waals surface area (Å²) in [7, 11) is 1.35. The fourth-order valence-corrected chi connectivity index (χ4v) is 8.76. The number of thiazole rings is 1. The van der Waals surface area contributed by atoms with Gasteiger partial charge in [0.15, 0.2) is 10.8 Å². The standard InChI is InChI=1S/C42H39N5O5S2/c1-41(2,3)52-39(50)35-36(27-17-9-5-10-18-27)53-26-32-34(38(49)47(32)35)44-37(48)33(46-51-4)31-25-54-40(43-31)45-42(28-19-11-6-12-20-28,29-21-13-7-14-22-29)30-23-15-8-16-24-30/h5-25,32,34H,26H2,1-4H3,(H,43,45)(H,44,48). The first-order chi connectivity index (χ1) is 26.1. The number of nitrogens with one attached hydrogen (secondary N) is 2. The first kappa shape index (κ1) is 36.6. The number of amides is 2. The molecule has 2 aliphatic heterocycles. The summed E-state index contributed by atoms with van der Waals surface area (Å²) in [5, 5.41) is 12.9. The maximum absolute atomic E-state index is 13.9. The number of rotatable bonds is 11. The molecule has 2 atom stereocenters. The Kier molecular flexibility index (Phi) is 10.4. The van der Waals surface area contributed by atoms with Crippen molar-refractivity contribution in [2.75, 3.05) is 18.2 Å². The molecule has 4 aromatic carbocycles. The van der Waals surface area contributed by atoms with Gasteiger partial charge >= 0.3 is 5.97 Å². The monoisotopic (exact) mass is 757 g/mol. The van der Waals surface area contributed by atoms with Gasteiger partial charge in [0.2, 0.25) is 0 Å². The molecule has 0 aliphatic carbocycles. The predicted molar refractivity (Wildman–Crippen MR) is 213 cm³/mol. The van der Waals surface area contributed by atoms with Gasteiger partial charge in [0.05, 0.1) is 6.04 Å². The normalized spacial score (nSPS) is 17.3. The summed E-state index contributed by atoms with van der Waals surface area (Å²) in [5.41, 5.74) is 2.54. The van der Waals surface area contributed by atoms with Crippen LogP contribution in [0.25, 0.3) is 4.91 Å². The number of carbonyl (C=O) groups excluding carboxylic acids is 3. The number of nitrogens with zero attached hydrogens (tertiary/aromatic N) is 3. The second-order valence-corrected chi connectivity index (χ2v) is 15.6. The first-order valence-corrected chi connectivity index (χ1v) is 19.3. The Bertz CT molecular complexity index is 2110. The van der Waals surface area contributed by atoms with Crippen molar-refractivity contribution in [3.05, 3.63) is 160 Å². The molecule has 1 saturated heterocycles. The van der Waals surface area contributed by atoms with Crippen LogP contribution in [0.1, 0.15) is 48.7 Å². The van der Waals surface area contributed by atoms with Gasteiger partial charge in [-0.1, -0.05) is 126 Å². The number of fused-ring (bicyclic) bond motifs is 1. The number of anilines is 1. The van der Waals surface area contributed by atoms with Crippen LogP contribution >= 0.6 is 23.1 Å². The van der Waals surface area contributed by atoms with Gasteiger partial charge < -0.3 is 20.2 Å². The Balaban J connectivity index is 1.17. The molecule has 2 N–H and O–H groups in total. The number of β-lactam (4-membered cyclic amide) rings is 1. The highest BCUT2D eigenvalue weighted by molar-refractivity contribution is 8.08. The summed E-state index contributed by atoms with van der Waals surface area (Å²) in [5.74, 6) is -1.19. The Morgan fingerprint density at radius 3 is 1.89 bits per heavy atom. The fourth-order valence-electron chi connectivity index (χ4n) is 6.71. The van der Waals surface area contributed by atoms with Crippen molar-refractivity contribution < 1.29 is 24.0 Å². The molecule has 1 fully saturated rings. The molecule has 2 unspecified atom stereocenters. The van der Waals surface area contributed by atoms with Crippen molar-refractivity contribution in [1.82, 2.24) is 15.2 Å². The van der Waals surface area contributed by atoms with Crippen molar-refractivity contribution in [2.24, 2.45) is 5.16 Å².